The molecule has 0 saturated carbocycles. The molecule has 0 bridgehead atoms. The maximum Gasteiger partial charge on any atom is 0.131 e. The van der Waals surface area contributed by atoms with E-state index in [2.05, 4.69) is 35.9 Å². The molecule has 3 nitrogen and oxygen atoms in total. The fourth-order valence-corrected chi connectivity index (χ4v) is 3.42. The third-order valence-electron chi connectivity index (χ3n) is 4.81. The van der Waals surface area contributed by atoms with Gasteiger partial charge < -0.3 is 4.90 Å². The smallest absolute Gasteiger partial charge is 0.131 e. The average Bonchev–Trinajstić information content (AvgIpc) is 2.53. The van der Waals surface area contributed by atoms with Crippen molar-refractivity contribution in [2.75, 3.05) is 19.6 Å². The molecule has 1 saturated heterocycles. The molecule has 3 heterocycles. The molecule has 1 unspecified atom stereocenters. The molecule has 0 amide bonds. The molecule has 2 aromatic heterocycles. The van der Waals surface area contributed by atoms with Gasteiger partial charge in [-0.05, 0) is 50.5 Å². The van der Waals surface area contributed by atoms with E-state index < -0.39 is 0 Å². The van der Waals surface area contributed by atoms with Crippen molar-refractivity contribution in [3.63, 3.8) is 0 Å². The van der Waals surface area contributed by atoms with Crippen LogP contribution in [0.25, 0.3) is 10.9 Å². The Morgan fingerprint density at radius 2 is 2.10 bits per heavy atom. The van der Waals surface area contributed by atoms with Crippen molar-refractivity contribution in [3.05, 3.63) is 35.2 Å². The number of hydrogen-bond donors (Lipinski definition) is 0. The van der Waals surface area contributed by atoms with Crippen LogP contribution in [-0.2, 0) is 0 Å². The highest BCUT2D eigenvalue weighted by Gasteiger charge is 2.25. The number of rotatable bonds is 3. The second-order valence-corrected chi connectivity index (χ2v) is 6.38. The van der Waals surface area contributed by atoms with E-state index in [9.17, 15) is 0 Å². The monoisotopic (exact) mass is 303 g/mol. The highest BCUT2D eigenvalue weighted by Crippen LogP contribution is 2.32. The number of pyridine rings is 2. The number of fused-ring (bicyclic) bond motifs is 1. The largest absolute Gasteiger partial charge is 0.304 e. The summed E-state index contributed by atoms with van der Waals surface area (Å²) in [5.41, 5.74) is 2.13. The topological polar surface area (TPSA) is 29.0 Å². The van der Waals surface area contributed by atoms with Crippen molar-refractivity contribution in [1.29, 1.82) is 0 Å². The normalized spacial score (nSPS) is 19.0. The van der Waals surface area contributed by atoms with Gasteiger partial charge in [-0.25, -0.2) is 4.98 Å². The Hall–Kier alpha value is -1.19. The fourth-order valence-electron chi connectivity index (χ4n) is 3.27. The van der Waals surface area contributed by atoms with Crippen molar-refractivity contribution in [2.24, 2.45) is 5.92 Å². The van der Waals surface area contributed by atoms with Gasteiger partial charge in [-0.15, -0.1) is 0 Å². The van der Waals surface area contributed by atoms with Crippen LogP contribution in [0.2, 0.25) is 5.15 Å². The molecule has 3 rings (SSSR count). The van der Waals surface area contributed by atoms with E-state index in [-0.39, 0.29) is 0 Å². The number of piperidine rings is 1. The summed E-state index contributed by atoms with van der Waals surface area (Å²) in [6.45, 7) is 8.15. The molecule has 112 valence electrons. The van der Waals surface area contributed by atoms with Gasteiger partial charge >= 0.3 is 0 Å². The SMILES string of the molecule is CCN1CCC(C(C)c2ccc3cnc(Cl)cc3n2)CC1. The zero-order valence-electron chi connectivity index (χ0n) is 12.7. The lowest BCUT2D eigenvalue weighted by Crippen LogP contribution is -2.35. The third-order valence-corrected chi connectivity index (χ3v) is 5.02. The van der Waals surface area contributed by atoms with E-state index in [0.29, 0.717) is 11.1 Å². The van der Waals surface area contributed by atoms with Gasteiger partial charge in [-0.2, -0.15) is 0 Å². The van der Waals surface area contributed by atoms with Gasteiger partial charge in [-0.3, -0.25) is 4.98 Å². The second-order valence-electron chi connectivity index (χ2n) is 6.00. The number of likely N-dealkylation sites (tertiary alicyclic amines) is 1. The lowest BCUT2D eigenvalue weighted by Gasteiger charge is -2.34. The Labute approximate surface area is 131 Å². The minimum absolute atomic E-state index is 0.500. The minimum Gasteiger partial charge on any atom is -0.304 e. The van der Waals surface area contributed by atoms with E-state index >= 15 is 0 Å². The average molecular weight is 304 g/mol. The number of aromatic nitrogens is 2. The van der Waals surface area contributed by atoms with Crippen LogP contribution in [0.5, 0.6) is 0 Å². The molecule has 2 aromatic rings. The third kappa shape index (κ3) is 3.19. The predicted octanol–water partition coefficient (Wildman–Crippen LogP) is 4.12. The summed E-state index contributed by atoms with van der Waals surface area (Å²) in [4.78, 5) is 11.5. The van der Waals surface area contributed by atoms with Gasteiger partial charge in [0.2, 0.25) is 0 Å². The zero-order valence-corrected chi connectivity index (χ0v) is 13.5. The van der Waals surface area contributed by atoms with Crippen LogP contribution < -0.4 is 0 Å². The van der Waals surface area contributed by atoms with Crippen LogP contribution >= 0.6 is 11.6 Å². The Morgan fingerprint density at radius 3 is 2.81 bits per heavy atom. The first-order chi connectivity index (χ1) is 10.2. The van der Waals surface area contributed by atoms with Crippen LogP contribution in [-0.4, -0.2) is 34.5 Å². The summed E-state index contributed by atoms with van der Waals surface area (Å²) in [6, 6.07) is 6.11. The van der Waals surface area contributed by atoms with Gasteiger partial charge in [0.25, 0.3) is 0 Å². The highest BCUT2D eigenvalue weighted by atomic mass is 35.5. The maximum atomic E-state index is 5.97. The first kappa shape index (κ1) is 14.7. The second kappa shape index (κ2) is 6.29. The molecular formula is C17H22ClN3. The first-order valence-corrected chi connectivity index (χ1v) is 8.19. The summed E-state index contributed by atoms with van der Waals surface area (Å²) in [5.74, 6) is 1.23. The number of halogens is 1. The predicted molar refractivity (Wildman–Crippen MR) is 87.8 cm³/mol. The van der Waals surface area contributed by atoms with E-state index in [1.165, 1.54) is 38.2 Å². The molecule has 1 fully saturated rings. The molecule has 0 N–H and O–H groups in total. The molecule has 0 aliphatic carbocycles. The van der Waals surface area contributed by atoms with Crippen LogP contribution in [0.15, 0.2) is 24.4 Å². The molecule has 0 radical (unpaired) electrons. The summed E-state index contributed by atoms with van der Waals surface area (Å²) in [5, 5.41) is 1.56. The standard InChI is InChI=1S/C17H22ClN3/c1-3-21-8-6-13(7-9-21)12(2)15-5-4-14-11-19-17(18)10-16(14)20-15/h4-5,10-13H,3,6-9H2,1-2H3. The van der Waals surface area contributed by atoms with Crippen LogP contribution in [0.4, 0.5) is 0 Å². The summed E-state index contributed by atoms with van der Waals surface area (Å²) < 4.78 is 0. The minimum atomic E-state index is 0.500. The van der Waals surface area contributed by atoms with Gasteiger partial charge in [0.1, 0.15) is 5.15 Å². The van der Waals surface area contributed by atoms with Crippen LogP contribution in [0.1, 0.15) is 38.3 Å². The van der Waals surface area contributed by atoms with Crippen molar-refractivity contribution in [1.82, 2.24) is 14.9 Å². The van der Waals surface area contributed by atoms with Gasteiger partial charge in [0.15, 0.2) is 0 Å². The lowest BCUT2D eigenvalue weighted by atomic mass is 9.83. The van der Waals surface area contributed by atoms with Crippen molar-refractivity contribution in [3.8, 4) is 0 Å². The molecule has 1 aliphatic rings. The molecule has 0 spiro atoms. The Balaban J connectivity index is 1.79. The molecule has 0 aromatic carbocycles. The zero-order chi connectivity index (χ0) is 14.8. The Kier molecular flexibility index (Phi) is 4.41. The summed E-state index contributed by atoms with van der Waals surface area (Å²) in [6.07, 6.45) is 4.33. The van der Waals surface area contributed by atoms with Gasteiger partial charge in [-0.1, -0.05) is 25.4 Å². The van der Waals surface area contributed by atoms with Crippen LogP contribution in [0, 0.1) is 5.92 Å². The number of hydrogen-bond acceptors (Lipinski definition) is 3. The Bertz CT molecular complexity index is 620. The van der Waals surface area contributed by atoms with Gasteiger partial charge in [0.05, 0.1) is 5.52 Å². The van der Waals surface area contributed by atoms with Crippen molar-refractivity contribution < 1.29 is 0 Å². The number of nitrogens with zero attached hydrogens (tertiary/aromatic N) is 3. The molecular weight excluding hydrogens is 282 g/mol. The van der Waals surface area contributed by atoms with E-state index in [1.54, 1.807) is 6.20 Å². The Morgan fingerprint density at radius 1 is 1.33 bits per heavy atom. The first-order valence-electron chi connectivity index (χ1n) is 7.82. The maximum absolute atomic E-state index is 5.97. The van der Waals surface area contributed by atoms with Gasteiger partial charge in [0, 0.05) is 29.3 Å². The van der Waals surface area contributed by atoms with E-state index in [0.717, 1.165) is 16.8 Å². The molecule has 4 heteroatoms. The lowest BCUT2D eigenvalue weighted by molar-refractivity contribution is 0.178. The molecule has 21 heavy (non-hydrogen) atoms. The quantitative estimate of drug-likeness (QED) is 0.799. The van der Waals surface area contributed by atoms with E-state index in [4.69, 9.17) is 16.6 Å². The van der Waals surface area contributed by atoms with Crippen LogP contribution in [0.3, 0.4) is 0 Å². The fraction of sp³-hybridized carbons (Fsp3) is 0.529. The summed E-state index contributed by atoms with van der Waals surface area (Å²) in [7, 11) is 0. The molecule has 1 atom stereocenters. The molecule has 1 aliphatic heterocycles. The van der Waals surface area contributed by atoms with E-state index in [1.807, 2.05) is 6.07 Å². The highest BCUT2D eigenvalue weighted by molar-refractivity contribution is 6.29. The van der Waals surface area contributed by atoms with Crippen molar-refractivity contribution in [2.45, 2.75) is 32.6 Å². The summed E-state index contributed by atoms with van der Waals surface area (Å²) >= 11 is 5.97. The van der Waals surface area contributed by atoms with Crippen molar-refractivity contribution >= 4 is 22.5 Å².